The maximum absolute atomic E-state index is 12.5. The molecule has 0 spiro atoms. The molecule has 10 heteroatoms. The van der Waals surface area contributed by atoms with Crippen LogP contribution >= 0.6 is 11.8 Å². The number of thioether (sulfide) groups is 1. The summed E-state index contributed by atoms with van der Waals surface area (Å²) in [5.74, 6) is 0.564. The lowest BCUT2D eigenvalue weighted by Crippen LogP contribution is -2.72. The van der Waals surface area contributed by atoms with Gasteiger partial charge in [0.15, 0.2) is 5.82 Å². The molecule has 2 fully saturated rings. The number of hydrogen-bond acceptors (Lipinski definition) is 8. The summed E-state index contributed by atoms with van der Waals surface area (Å²) in [4.78, 5) is 27.4. The summed E-state index contributed by atoms with van der Waals surface area (Å²) in [5.41, 5.74) is 4.91. The molecule has 3 heterocycles. The van der Waals surface area contributed by atoms with Crippen molar-refractivity contribution in [3.8, 4) is 0 Å². The molecule has 0 radical (unpaired) electrons. The second kappa shape index (κ2) is 5.51. The van der Waals surface area contributed by atoms with Gasteiger partial charge in [-0.2, -0.15) is 4.80 Å². The van der Waals surface area contributed by atoms with Crippen LogP contribution in [0.1, 0.15) is 12.7 Å². The van der Waals surface area contributed by atoms with Gasteiger partial charge in [-0.1, -0.05) is 0 Å². The highest BCUT2D eigenvalue weighted by Crippen LogP contribution is 2.42. The highest BCUT2D eigenvalue weighted by Gasteiger charge is 2.56. The Labute approximate surface area is 131 Å². The summed E-state index contributed by atoms with van der Waals surface area (Å²) in [6.07, 6.45) is 0. The zero-order chi connectivity index (χ0) is 15.9. The van der Waals surface area contributed by atoms with E-state index in [-0.39, 0.29) is 36.9 Å². The van der Waals surface area contributed by atoms with Crippen LogP contribution in [0.25, 0.3) is 0 Å². The minimum absolute atomic E-state index is 0.0551. The van der Waals surface area contributed by atoms with Crippen molar-refractivity contribution in [3.05, 3.63) is 5.82 Å². The number of aryl methyl sites for hydroxylation is 1. The molecule has 0 aliphatic carbocycles. The van der Waals surface area contributed by atoms with Gasteiger partial charge in [-0.15, -0.1) is 22.0 Å². The lowest BCUT2D eigenvalue weighted by molar-refractivity contribution is -0.162. The largest absolute Gasteiger partial charge is 0.465 e. The number of fused-ring (bicyclic) bond motifs is 1. The van der Waals surface area contributed by atoms with Gasteiger partial charge in [-0.25, -0.2) is 0 Å². The molecule has 2 aliphatic heterocycles. The van der Waals surface area contributed by atoms with Gasteiger partial charge in [-0.05, 0) is 19.1 Å². The Morgan fingerprint density at radius 1 is 1.59 bits per heavy atom. The number of rotatable bonds is 4. The number of aromatic nitrogens is 4. The first kappa shape index (κ1) is 15.2. The third kappa shape index (κ3) is 2.35. The van der Waals surface area contributed by atoms with Crippen molar-refractivity contribution in [3.63, 3.8) is 0 Å². The molecule has 9 nitrogen and oxygen atoms in total. The number of amides is 1. The maximum Gasteiger partial charge on any atom is 0.316 e. The lowest BCUT2D eigenvalue weighted by Gasteiger charge is -2.52. The van der Waals surface area contributed by atoms with Gasteiger partial charge in [-0.3, -0.25) is 9.59 Å². The van der Waals surface area contributed by atoms with E-state index in [2.05, 4.69) is 15.4 Å². The summed E-state index contributed by atoms with van der Waals surface area (Å²) >= 11 is 1.50. The summed E-state index contributed by atoms with van der Waals surface area (Å²) in [6.45, 7) is 4.27. The smallest absolute Gasteiger partial charge is 0.316 e. The van der Waals surface area contributed by atoms with Crippen molar-refractivity contribution >= 4 is 23.6 Å². The second-order valence-electron chi connectivity index (χ2n) is 5.56. The Morgan fingerprint density at radius 3 is 3.00 bits per heavy atom. The maximum atomic E-state index is 12.5. The van der Waals surface area contributed by atoms with Gasteiger partial charge < -0.3 is 15.4 Å². The van der Waals surface area contributed by atoms with E-state index >= 15 is 0 Å². The fourth-order valence-corrected chi connectivity index (χ4v) is 4.23. The molecule has 2 N–H and O–H groups in total. The molecule has 1 aromatic rings. The fourth-order valence-electron chi connectivity index (χ4n) is 2.76. The number of carbonyl (C=O) groups is 2. The molecule has 22 heavy (non-hydrogen) atoms. The predicted molar refractivity (Wildman–Crippen MR) is 77.6 cm³/mol. The molecule has 0 bridgehead atoms. The van der Waals surface area contributed by atoms with Crippen LogP contribution in [0.4, 0.5) is 0 Å². The normalized spacial score (nSPS) is 30.7. The molecule has 0 aromatic carbocycles. The van der Waals surface area contributed by atoms with E-state index in [1.165, 1.54) is 16.6 Å². The average molecular weight is 326 g/mol. The van der Waals surface area contributed by atoms with E-state index in [4.69, 9.17) is 10.5 Å². The van der Waals surface area contributed by atoms with Crippen LogP contribution in [0.15, 0.2) is 0 Å². The van der Waals surface area contributed by atoms with Crippen molar-refractivity contribution in [1.29, 1.82) is 0 Å². The lowest BCUT2D eigenvalue weighted by atomic mass is 9.87. The monoisotopic (exact) mass is 326 g/mol. The first-order valence-corrected chi connectivity index (χ1v) is 8.11. The minimum atomic E-state index is -0.875. The van der Waals surface area contributed by atoms with Gasteiger partial charge >= 0.3 is 5.97 Å². The number of ether oxygens (including phenoxy) is 1. The van der Waals surface area contributed by atoms with Gasteiger partial charge in [0.2, 0.25) is 5.91 Å². The number of tetrazole rings is 1. The summed E-state index contributed by atoms with van der Waals surface area (Å²) in [5, 5.41) is 11.8. The van der Waals surface area contributed by atoms with E-state index in [0.717, 1.165) is 0 Å². The zero-order valence-corrected chi connectivity index (χ0v) is 13.2. The molecule has 120 valence electrons. The van der Waals surface area contributed by atoms with Crippen LogP contribution < -0.4 is 5.73 Å². The van der Waals surface area contributed by atoms with Crippen molar-refractivity contribution < 1.29 is 14.3 Å². The fraction of sp³-hybridized carbons (Fsp3) is 0.750. The van der Waals surface area contributed by atoms with Crippen LogP contribution in [0.2, 0.25) is 0 Å². The topological polar surface area (TPSA) is 116 Å². The van der Waals surface area contributed by atoms with E-state index < -0.39 is 11.5 Å². The Kier molecular flexibility index (Phi) is 3.81. The number of β-lactam (4-membered cyclic amide) rings is 1. The molecular weight excluding hydrogens is 308 g/mol. The van der Waals surface area contributed by atoms with Crippen molar-refractivity contribution in [2.75, 3.05) is 18.9 Å². The highest BCUT2D eigenvalue weighted by molar-refractivity contribution is 8.00. The molecule has 1 aromatic heterocycles. The van der Waals surface area contributed by atoms with Crippen LogP contribution in [0.5, 0.6) is 0 Å². The minimum Gasteiger partial charge on any atom is -0.465 e. The summed E-state index contributed by atoms with van der Waals surface area (Å²) in [7, 11) is 0. The molecule has 3 atom stereocenters. The number of nitrogens with zero attached hydrogens (tertiary/aromatic N) is 5. The SMILES string of the molecule is CCOC(=O)C1(Cn2nnc(C)n2)CS[C@@H]2C(N)C(=O)N2C1. The van der Waals surface area contributed by atoms with Gasteiger partial charge in [0.1, 0.15) is 16.8 Å². The molecular formula is C12H18N6O3S. The van der Waals surface area contributed by atoms with E-state index in [1.807, 2.05) is 0 Å². The van der Waals surface area contributed by atoms with Crippen molar-refractivity contribution in [2.24, 2.45) is 11.1 Å². The third-order valence-electron chi connectivity index (χ3n) is 3.89. The molecule has 2 saturated heterocycles. The average Bonchev–Trinajstić information content (AvgIpc) is 2.91. The van der Waals surface area contributed by atoms with Crippen molar-refractivity contribution in [1.82, 2.24) is 25.1 Å². The van der Waals surface area contributed by atoms with E-state index in [1.54, 1.807) is 18.7 Å². The highest BCUT2D eigenvalue weighted by atomic mass is 32.2. The Hall–Kier alpha value is -1.68. The Morgan fingerprint density at radius 2 is 2.36 bits per heavy atom. The molecule has 2 aliphatic rings. The number of nitrogens with two attached hydrogens (primary N) is 1. The quantitative estimate of drug-likeness (QED) is 0.540. The zero-order valence-electron chi connectivity index (χ0n) is 12.4. The van der Waals surface area contributed by atoms with Gasteiger partial charge in [0.25, 0.3) is 0 Å². The summed E-state index contributed by atoms with van der Waals surface area (Å²) < 4.78 is 5.22. The van der Waals surface area contributed by atoms with Crippen LogP contribution in [-0.2, 0) is 20.9 Å². The second-order valence-corrected chi connectivity index (χ2v) is 6.67. The summed E-state index contributed by atoms with van der Waals surface area (Å²) in [6, 6.07) is -0.475. The number of hydrogen-bond donors (Lipinski definition) is 1. The molecule has 3 rings (SSSR count). The Balaban J connectivity index is 1.84. The van der Waals surface area contributed by atoms with Crippen LogP contribution in [0.3, 0.4) is 0 Å². The van der Waals surface area contributed by atoms with E-state index in [0.29, 0.717) is 11.6 Å². The molecule has 2 unspecified atom stereocenters. The third-order valence-corrected chi connectivity index (χ3v) is 5.50. The van der Waals surface area contributed by atoms with Crippen LogP contribution in [-0.4, -0.2) is 67.3 Å². The number of carbonyl (C=O) groups excluding carboxylic acids is 2. The van der Waals surface area contributed by atoms with Gasteiger partial charge in [0.05, 0.1) is 13.2 Å². The molecule has 0 saturated carbocycles. The van der Waals surface area contributed by atoms with Crippen LogP contribution in [0, 0.1) is 12.3 Å². The van der Waals surface area contributed by atoms with E-state index in [9.17, 15) is 9.59 Å². The first-order chi connectivity index (χ1) is 10.5. The predicted octanol–water partition coefficient (Wildman–Crippen LogP) is -1.23. The van der Waals surface area contributed by atoms with Gasteiger partial charge in [0, 0.05) is 12.3 Å². The number of esters is 1. The molecule has 1 amide bonds. The first-order valence-electron chi connectivity index (χ1n) is 7.06. The Bertz CT molecular complexity index is 607. The van der Waals surface area contributed by atoms with Crippen molar-refractivity contribution in [2.45, 2.75) is 31.8 Å². The standard InChI is InChI=1S/C12H18N6O3S/c1-3-21-11(20)12(5-18-15-7(2)14-16-18)4-17-9(19)8(13)10(17)22-6-12/h8,10H,3-6,13H2,1-2H3/t8?,10-,12?/m1/s1.